The quantitative estimate of drug-likeness (QED) is 0.315. The Morgan fingerprint density at radius 3 is 2.68 bits per heavy atom. The van der Waals surface area contributed by atoms with Crippen LogP contribution in [0.4, 0.5) is 5.82 Å². The van der Waals surface area contributed by atoms with E-state index in [2.05, 4.69) is 32.3 Å². The number of carbonyl (C=O) groups is 1. The van der Waals surface area contributed by atoms with Crippen LogP contribution in [0, 0.1) is 5.92 Å². The van der Waals surface area contributed by atoms with E-state index in [0.717, 1.165) is 75.8 Å². The minimum absolute atomic E-state index is 0.00362. The number of rotatable bonds is 14. The van der Waals surface area contributed by atoms with Crippen LogP contribution in [-0.4, -0.2) is 64.7 Å². The van der Waals surface area contributed by atoms with Gasteiger partial charge in [-0.15, -0.1) is 0 Å². The van der Waals surface area contributed by atoms with E-state index in [1.807, 2.05) is 12.1 Å². The fourth-order valence-corrected chi connectivity index (χ4v) is 5.75. The molecule has 8 nitrogen and oxygen atoms in total. The monoisotopic (exact) mass is 511 g/mol. The second kappa shape index (κ2) is 14.6. The van der Waals surface area contributed by atoms with Crippen molar-refractivity contribution in [2.75, 3.05) is 38.2 Å². The van der Waals surface area contributed by atoms with Gasteiger partial charge in [0.25, 0.3) is 0 Å². The van der Waals surface area contributed by atoms with Gasteiger partial charge >= 0.3 is 0 Å². The third-order valence-corrected chi connectivity index (χ3v) is 8.01. The highest BCUT2D eigenvalue weighted by molar-refractivity contribution is 5.76. The van der Waals surface area contributed by atoms with Gasteiger partial charge in [-0.1, -0.05) is 50.1 Å². The van der Waals surface area contributed by atoms with Gasteiger partial charge in [0.2, 0.25) is 11.7 Å². The number of ether oxygens (including phenoxy) is 1. The average Bonchev–Trinajstić information content (AvgIpc) is 3.42. The molecule has 0 aromatic carbocycles. The first-order valence-corrected chi connectivity index (χ1v) is 14.4. The third kappa shape index (κ3) is 8.88. The molecule has 1 N–H and O–H groups in total. The van der Waals surface area contributed by atoms with Gasteiger partial charge in [0.05, 0.1) is 13.2 Å². The van der Waals surface area contributed by atoms with Crippen molar-refractivity contribution >= 4 is 11.6 Å². The summed E-state index contributed by atoms with van der Waals surface area (Å²) in [6, 6.07) is 4.52. The summed E-state index contributed by atoms with van der Waals surface area (Å²) in [5.41, 5.74) is 0.824. The van der Waals surface area contributed by atoms with E-state index in [1.54, 1.807) is 13.1 Å². The van der Waals surface area contributed by atoms with Crippen LogP contribution in [0.3, 0.4) is 0 Å². The predicted molar refractivity (Wildman–Crippen MR) is 146 cm³/mol. The molecule has 2 aromatic rings. The highest BCUT2D eigenvalue weighted by atomic mass is 16.5. The molecule has 2 unspecified atom stereocenters. The Hall–Kier alpha value is -2.32. The standard InChI is InChI=1S/C29H45N5O3/c1-22(34-16-18-36-19-17-34)8-7-15-30-27-14-13-26(21-31-27)28-32-29(37-33-28)25(20-23(2)35)12-6-11-24-9-4-3-5-10-24/h13-14,21-22,24-25H,3-12,15-20H2,1-2H3,(H,30,31). The molecule has 8 heteroatoms. The van der Waals surface area contributed by atoms with Crippen molar-refractivity contribution in [3.05, 3.63) is 24.2 Å². The molecule has 2 aromatic heterocycles. The lowest BCUT2D eigenvalue weighted by Gasteiger charge is -2.32. The molecule has 2 atom stereocenters. The SMILES string of the molecule is CC(=O)CC(CCCC1CCCCC1)c1nc(-c2ccc(NCCCC(C)N3CCOCC3)nc2)no1. The van der Waals surface area contributed by atoms with E-state index in [4.69, 9.17) is 9.26 Å². The van der Waals surface area contributed by atoms with Crippen molar-refractivity contribution in [2.24, 2.45) is 5.92 Å². The first-order valence-electron chi connectivity index (χ1n) is 14.4. The van der Waals surface area contributed by atoms with Gasteiger partial charge in [-0.3, -0.25) is 4.90 Å². The number of morpholine rings is 1. The van der Waals surface area contributed by atoms with Gasteiger partial charge < -0.3 is 19.4 Å². The molecule has 3 heterocycles. The molecule has 1 aliphatic heterocycles. The molecule has 204 valence electrons. The lowest BCUT2D eigenvalue weighted by Crippen LogP contribution is -2.42. The van der Waals surface area contributed by atoms with Gasteiger partial charge in [-0.05, 0) is 51.2 Å². The van der Waals surface area contributed by atoms with Gasteiger partial charge in [-0.25, -0.2) is 4.98 Å². The smallest absolute Gasteiger partial charge is 0.230 e. The number of ketones is 1. The van der Waals surface area contributed by atoms with Crippen LogP contribution in [-0.2, 0) is 9.53 Å². The number of aromatic nitrogens is 3. The third-order valence-electron chi connectivity index (χ3n) is 8.01. The van der Waals surface area contributed by atoms with Crippen molar-refractivity contribution < 1.29 is 14.1 Å². The van der Waals surface area contributed by atoms with Gasteiger partial charge in [0, 0.05) is 49.8 Å². The first kappa shape index (κ1) is 27.7. The minimum Gasteiger partial charge on any atom is -0.379 e. The van der Waals surface area contributed by atoms with Crippen molar-refractivity contribution in [3.8, 4) is 11.4 Å². The Labute approximate surface area is 221 Å². The average molecular weight is 512 g/mol. The fraction of sp³-hybridized carbons (Fsp3) is 0.724. The number of pyridine rings is 1. The molecule has 0 amide bonds. The highest BCUT2D eigenvalue weighted by Gasteiger charge is 2.23. The Kier molecular flexibility index (Phi) is 10.9. The van der Waals surface area contributed by atoms with E-state index in [9.17, 15) is 4.79 Å². The van der Waals surface area contributed by atoms with E-state index < -0.39 is 0 Å². The maximum atomic E-state index is 11.9. The molecule has 1 saturated heterocycles. The van der Waals surface area contributed by atoms with Crippen LogP contribution >= 0.6 is 0 Å². The summed E-state index contributed by atoms with van der Waals surface area (Å²) >= 11 is 0. The number of nitrogens with zero attached hydrogens (tertiary/aromatic N) is 4. The molecular weight excluding hydrogens is 466 g/mol. The maximum absolute atomic E-state index is 11.9. The molecular formula is C29H45N5O3. The van der Waals surface area contributed by atoms with Crippen LogP contribution in [0.5, 0.6) is 0 Å². The molecule has 2 aliphatic rings. The molecule has 37 heavy (non-hydrogen) atoms. The van der Waals surface area contributed by atoms with Gasteiger partial charge in [-0.2, -0.15) is 4.98 Å². The molecule has 0 radical (unpaired) electrons. The van der Waals surface area contributed by atoms with Gasteiger partial charge in [0.15, 0.2) is 0 Å². The number of anilines is 1. The summed E-state index contributed by atoms with van der Waals surface area (Å²) in [4.78, 5) is 23.6. The predicted octanol–water partition coefficient (Wildman–Crippen LogP) is 5.86. The summed E-state index contributed by atoms with van der Waals surface area (Å²) in [6.45, 7) is 8.59. The number of hydrogen-bond donors (Lipinski definition) is 1. The molecule has 1 aliphatic carbocycles. The zero-order chi connectivity index (χ0) is 25.9. The minimum atomic E-state index is -0.00362. The summed E-state index contributed by atoms with van der Waals surface area (Å²) in [5, 5.41) is 7.63. The number of hydrogen-bond acceptors (Lipinski definition) is 8. The summed E-state index contributed by atoms with van der Waals surface area (Å²) in [5.74, 6) is 2.97. The Morgan fingerprint density at radius 2 is 1.95 bits per heavy atom. The second-order valence-corrected chi connectivity index (χ2v) is 11.0. The van der Waals surface area contributed by atoms with E-state index >= 15 is 0 Å². The zero-order valence-corrected chi connectivity index (χ0v) is 22.8. The second-order valence-electron chi connectivity index (χ2n) is 11.0. The highest BCUT2D eigenvalue weighted by Crippen LogP contribution is 2.31. The summed E-state index contributed by atoms with van der Waals surface area (Å²) < 4.78 is 11.1. The molecule has 0 bridgehead atoms. The lowest BCUT2D eigenvalue weighted by molar-refractivity contribution is -0.117. The summed E-state index contributed by atoms with van der Waals surface area (Å²) in [6.07, 6.45) is 14.6. The number of carbonyl (C=O) groups excluding carboxylic acids is 1. The largest absolute Gasteiger partial charge is 0.379 e. The van der Waals surface area contributed by atoms with E-state index in [-0.39, 0.29) is 11.7 Å². The van der Waals surface area contributed by atoms with Crippen LogP contribution in [0.1, 0.15) is 96.3 Å². The molecule has 2 fully saturated rings. The topological polar surface area (TPSA) is 93.4 Å². The van der Waals surface area contributed by atoms with Crippen LogP contribution in [0.15, 0.2) is 22.9 Å². The Morgan fingerprint density at radius 1 is 1.14 bits per heavy atom. The Balaban J connectivity index is 1.24. The van der Waals surface area contributed by atoms with Crippen molar-refractivity contribution in [1.82, 2.24) is 20.0 Å². The normalized spacial score (nSPS) is 19.0. The summed E-state index contributed by atoms with van der Waals surface area (Å²) in [7, 11) is 0. The number of nitrogens with one attached hydrogen (secondary N) is 1. The van der Waals surface area contributed by atoms with Crippen molar-refractivity contribution in [1.29, 1.82) is 0 Å². The lowest BCUT2D eigenvalue weighted by atomic mass is 9.84. The molecule has 1 saturated carbocycles. The number of Topliss-reactive ketones (excluding diaryl/α,β-unsaturated/α-hetero) is 1. The molecule has 4 rings (SSSR count). The van der Waals surface area contributed by atoms with Crippen LogP contribution in [0.25, 0.3) is 11.4 Å². The zero-order valence-electron chi connectivity index (χ0n) is 22.8. The van der Waals surface area contributed by atoms with Crippen LogP contribution < -0.4 is 5.32 Å². The van der Waals surface area contributed by atoms with Crippen LogP contribution in [0.2, 0.25) is 0 Å². The fourth-order valence-electron chi connectivity index (χ4n) is 5.75. The molecule has 0 spiro atoms. The van der Waals surface area contributed by atoms with Crippen molar-refractivity contribution in [2.45, 2.75) is 96.4 Å². The Bertz CT molecular complexity index is 935. The van der Waals surface area contributed by atoms with Crippen molar-refractivity contribution in [3.63, 3.8) is 0 Å². The van der Waals surface area contributed by atoms with E-state index in [0.29, 0.717) is 24.2 Å². The van der Waals surface area contributed by atoms with Gasteiger partial charge in [0.1, 0.15) is 11.6 Å². The maximum Gasteiger partial charge on any atom is 0.230 e. The first-order chi connectivity index (χ1) is 18.1. The van der Waals surface area contributed by atoms with E-state index in [1.165, 1.54) is 38.5 Å².